The maximum absolute atomic E-state index is 12.7. The van der Waals surface area contributed by atoms with E-state index in [9.17, 15) is 4.79 Å². The van der Waals surface area contributed by atoms with Gasteiger partial charge in [0.05, 0.1) is 17.6 Å². The summed E-state index contributed by atoms with van der Waals surface area (Å²) in [6.07, 6.45) is 4.70. The maximum atomic E-state index is 12.7. The number of rotatable bonds is 3. The minimum Gasteiger partial charge on any atom is -0.348 e. The van der Waals surface area contributed by atoms with E-state index in [1.54, 1.807) is 0 Å². The van der Waals surface area contributed by atoms with E-state index in [1.807, 2.05) is 24.2 Å². The smallest absolute Gasteiger partial charge is 0.274 e. The number of fused-ring (bicyclic) bond motifs is 2. The van der Waals surface area contributed by atoms with E-state index in [1.165, 1.54) is 11.4 Å². The molecule has 0 aliphatic carbocycles. The number of amides is 1. The van der Waals surface area contributed by atoms with Crippen LogP contribution >= 0.6 is 0 Å². The molecule has 26 heavy (non-hydrogen) atoms. The first-order valence-electron chi connectivity index (χ1n) is 9.58. The topological polar surface area (TPSA) is 80.9 Å². The molecule has 1 spiro atoms. The number of hydrogen-bond donors (Lipinski definition) is 2. The summed E-state index contributed by atoms with van der Waals surface area (Å²) in [5.41, 5.74) is 3.86. The molecule has 0 aromatic carbocycles. The number of carbonyl (C=O) groups excluding carboxylic acids is 1. The van der Waals surface area contributed by atoms with Crippen molar-refractivity contribution in [3.05, 3.63) is 35.2 Å². The van der Waals surface area contributed by atoms with Crippen molar-refractivity contribution in [3.8, 4) is 0 Å². The fourth-order valence-corrected chi connectivity index (χ4v) is 4.55. The molecule has 0 bridgehead atoms. The molecule has 2 aromatic rings. The van der Waals surface area contributed by atoms with E-state index in [0.29, 0.717) is 11.6 Å². The predicted molar refractivity (Wildman–Crippen MR) is 98.8 cm³/mol. The molecule has 7 nitrogen and oxygen atoms in total. The first-order valence-corrected chi connectivity index (χ1v) is 9.58. The Hall–Kier alpha value is -2.15. The molecule has 0 unspecified atom stereocenters. The summed E-state index contributed by atoms with van der Waals surface area (Å²) >= 11 is 0. The Kier molecular flexibility index (Phi) is 4.34. The Balaban J connectivity index is 1.56. The minimum atomic E-state index is -0.0455. The quantitative estimate of drug-likeness (QED) is 0.882. The van der Waals surface area contributed by atoms with Crippen molar-refractivity contribution in [2.24, 2.45) is 5.92 Å². The van der Waals surface area contributed by atoms with E-state index in [-0.39, 0.29) is 11.4 Å². The molecular formula is C19H28N6O. The van der Waals surface area contributed by atoms with Gasteiger partial charge >= 0.3 is 0 Å². The molecular weight excluding hydrogens is 328 g/mol. The van der Waals surface area contributed by atoms with Crippen LogP contribution in [-0.2, 0) is 12.0 Å². The van der Waals surface area contributed by atoms with E-state index in [2.05, 4.69) is 33.9 Å². The summed E-state index contributed by atoms with van der Waals surface area (Å²) in [5, 5.41) is 7.00. The molecule has 1 amide bonds. The molecule has 0 saturated carbocycles. The van der Waals surface area contributed by atoms with E-state index >= 15 is 0 Å². The van der Waals surface area contributed by atoms with Gasteiger partial charge in [-0.05, 0) is 31.7 Å². The lowest BCUT2D eigenvalue weighted by molar-refractivity contribution is 0.000459. The SMILES string of the molecule is Cc1cc(C(=O)N2CCC3(CC2)c2nc[nH]c2CCN3CC(C)C)n[nH]1. The third-order valence-corrected chi connectivity index (χ3v) is 5.78. The van der Waals surface area contributed by atoms with Crippen molar-refractivity contribution < 1.29 is 4.79 Å². The molecule has 1 fully saturated rings. The Morgan fingerprint density at radius 2 is 2.08 bits per heavy atom. The highest BCUT2D eigenvalue weighted by molar-refractivity contribution is 5.92. The van der Waals surface area contributed by atoms with Gasteiger partial charge in [0, 0.05) is 44.0 Å². The summed E-state index contributed by atoms with van der Waals surface area (Å²) in [5.74, 6) is 0.636. The molecule has 2 aliphatic heterocycles. The van der Waals surface area contributed by atoms with Gasteiger partial charge in [0.25, 0.3) is 5.91 Å². The van der Waals surface area contributed by atoms with Crippen molar-refractivity contribution in [1.29, 1.82) is 0 Å². The van der Waals surface area contributed by atoms with Crippen molar-refractivity contribution in [3.63, 3.8) is 0 Å². The summed E-state index contributed by atoms with van der Waals surface area (Å²) in [4.78, 5) is 25.3. The summed E-state index contributed by atoms with van der Waals surface area (Å²) in [6, 6.07) is 1.82. The molecule has 2 aliphatic rings. The van der Waals surface area contributed by atoms with Crippen LogP contribution in [0, 0.1) is 12.8 Å². The highest BCUT2D eigenvalue weighted by atomic mass is 16.2. The average molecular weight is 356 g/mol. The van der Waals surface area contributed by atoms with Crippen LogP contribution in [0.2, 0.25) is 0 Å². The summed E-state index contributed by atoms with van der Waals surface area (Å²) < 4.78 is 0. The van der Waals surface area contributed by atoms with E-state index < -0.39 is 0 Å². The second kappa shape index (κ2) is 6.54. The second-order valence-electron chi connectivity index (χ2n) is 8.08. The number of nitrogens with one attached hydrogen (secondary N) is 2. The van der Waals surface area contributed by atoms with Crippen molar-refractivity contribution in [2.75, 3.05) is 26.2 Å². The lowest BCUT2D eigenvalue weighted by atomic mass is 9.78. The number of H-pyrrole nitrogens is 2. The van der Waals surface area contributed by atoms with Crippen molar-refractivity contribution in [1.82, 2.24) is 30.0 Å². The van der Waals surface area contributed by atoms with Crippen molar-refractivity contribution >= 4 is 5.91 Å². The van der Waals surface area contributed by atoms with Crippen LogP contribution in [0.1, 0.15) is 54.3 Å². The summed E-state index contributed by atoms with van der Waals surface area (Å²) in [7, 11) is 0. The monoisotopic (exact) mass is 356 g/mol. The third-order valence-electron chi connectivity index (χ3n) is 5.78. The van der Waals surface area contributed by atoms with Gasteiger partial charge in [-0.1, -0.05) is 13.8 Å². The van der Waals surface area contributed by atoms with Crippen LogP contribution in [-0.4, -0.2) is 62.1 Å². The lowest BCUT2D eigenvalue weighted by Gasteiger charge is -2.51. The highest BCUT2D eigenvalue weighted by Crippen LogP contribution is 2.42. The fraction of sp³-hybridized carbons (Fsp3) is 0.632. The van der Waals surface area contributed by atoms with Crippen LogP contribution in [0.3, 0.4) is 0 Å². The Morgan fingerprint density at radius 3 is 2.73 bits per heavy atom. The average Bonchev–Trinajstić information content (AvgIpc) is 3.27. The van der Waals surface area contributed by atoms with Crippen molar-refractivity contribution in [2.45, 2.75) is 45.6 Å². The van der Waals surface area contributed by atoms with E-state index in [0.717, 1.165) is 51.1 Å². The predicted octanol–water partition coefficient (Wildman–Crippen LogP) is 2.09. The number of likely N-dealkylation sites (tertiary alicyclic amines) is 1. The zero-order valence-corrected chi connectivity index (χ0v) is 15.9. The largest absolute Gasteiger partial charge is 0.348 e. The number of piperidine rings is 1. The van der Waals surface area contributed by atoms with Crippen LogP contribution < -0.4 is 0 Å². The third kappa shape index (κ3) is 2.84. The van der Waals surface area contributed by atoms with Gasteiger partial charge < -0.3 is 9.88 Å². The number of nitrogens with zero attached hydrogens (tertiary/aromatic N) is 4. The first kappa shape index (κ1) is 17.3. The zero-order valence-electron chi connectivity index (χ0n) is 15.9. The van der Waals surface area contributed by atoms with Crippen LogP contribution in [0.5, 0.6) is 0 Å². The van der Waals surface area contributed by atoms with Gasteiger partial charge in [0.1, 0.15) is 5.69 Å². The number of imidazole rings is 1. The second-order valence-corrected chi connectivity index (χ2v) is 8.08. The number of aryl methyl sites for hydroxylation is 1. The van der Waals surface area contributed by atoms with Gasteiger partial charge in [-0.25, -0.2) is 4.98 Å². The van der Waals surface area contributed by atoms with Gasteiger partial charge in [-0.3, -0.25) is 14.8 Å². The normalized spacial score (nSPS) is 19.9. The standard InChI is InChI=1S/C19H28N6O/c1-13(2)11-25-7-4-15-17(21-12-20-15)19(25)5-8-24(9-6-19)18(26)16-10-14(3)22-23-16/h10,12-13H,4-9,11H2,1-3H3,(H,20,21)(H,22,23). The Labute approximate surface area is 154 Å². The van der Waals surface area contributed by atoms with Gasteiger partial charge in [0.2, 0.25) is 0 Å². The molecule has 4 heterocycles. The van der Waals surface area contributed by atoms with Gasteiger partial charge in [0.15, 0.2) is 0 Å². The van der Waals surface area contributed by atoms with E-state index in [4.69, 9.17) is 4.98 Å². The Morgan fingerprint density at radius 1 is 1.31 bits per heavy atom. The number of aromatic amines is 2. The highest BCUT2D eigenvalue weighted by Gasteiger charge is 2.47. The summed E-state index contributed by atoms with van der Waals surface area (Å²) in [6.45, 7) is 10.1. The van der Waals surface area contributed by atoms with Crippen LogP contribution in [0.25, 0.3) is 0 Å². The number of carbonyl (C=O) groups is 1. The fourth-order valence-electron chi connectivity index (χ4n) is 4.55. The van der Waals surface area contributed by atoms with Gasteiger partial charge in [-0.15, -0.1) is 0 Å². The molecule has 1 saturated heterocycles. The maximum Gasteiger partial charge on any atom is 0.274 e. The zero-order chi connectivity index (χ0) is 18.3. The molecule has 7 heteroatoms. The lowest BCUT2D eigenvalue weighted by Crippen LogP contribution is -2.57. The number of hydrogen-bond acceptors (Lipinski definition) is 4. The van der Waals surface area contributed by atoms with Crippen LogP contribution in [0.15, 0.2) is 12.4 Å². The van der Waals surface area contributed by atoms with Gasteiger partial charge in [-0.2, -0.15) is 5.10 Å². The molecule has 0 radical (unpaired) electrons. The molecule has 0 atom stereocenters. The molecule has 2 aromatic heterocycles. The molecule has 2 N–H and O–H groups in total. The van der Waals surface area contributed by atoms with Crippen LogP contribution in [0.4, 0.5) is 0 Å². The first-order chi connectivity index (χ1) is 12.5. The Bertz CT molecular complexity index is 784. The number of aromatic nitrogens is 4. The molecule has 140 valence electrons. The minimum absolute atomic E-state index is 0.0256. The molecule has 4 rings (SSSR count).